The first-order valence-corrected chi connectivity index (χ1v) is 14.2. The molecule has 0 aliphatic carbocycles. The summed E-state index contributed by atoms with van der Waals surface area (Å²) in [6.45, 7) is 0.254. The summed E-state index contributed by atoms with van der Waals surface area (Å²) < 4.78 is 71.3. The van der Waals surface area contributed by atoms with Crippen LogP contribution < -0.4 is 4.72 Å². The van der Waals surface area contributed by atoms with Gasteiger partial charge in [-0.3, -0.25) is 19.2 Å². The van der Waals surface area contributed by atoms with Crippen LogP contribution in [0.25, 0.3) is 11.5 Å². The number of nitrogens with one attached hydrogen (secondary N) is 1. The van der Waals surface area contributed by atoms with Gasteiger partial charge in [-0.15, -0.1) is 10.2 Å². The molecule has 40 heavy (non-hydrogen) atoms. The Labute approximate surface area is 230 Å². The number of alkyl halides is 3. The molecule has 1 aliphatic heterocycles. The summed E-state index contributed by atoms with van der Waals surface area (Å²) in [6, 6.07) is 15.9. The molecule has 0 saturated carbocycles. The number of benzene rings is 3. The Morgan fingerprint density at radius 3 is 2.10 bits per heavy atom. The topological polar surface area (TPSA) is 122 Å². The number of imide groups is 1. The Bertz CT molecular complexity index is 1640. The molecule has 3 aromatic carbocycles. The predicted octanol–water partition coefficient (Wildman–Crippen LogP) is 5.33. The molecule has 0 unspecified atom stereocenters. The SMILES string of the molecule is O=C1c2ccccc2C(=O)N1CCCSc1nnc(-c2ccc(NS(=O)(=O)c3ccc(C(F)(F)F)cc3)cc2)o1. The highest BCUT2D eigenvalue weighted by Crippen LogP contribution is 2.30. The number of sulfonamides is 1. The molecule has 2 amide bonds. The molecular weight excluding hydrogens is 569 g/mol. The molecule has 0 atom stereocenters. The van der Waals surface area contributed by atoms with E-state index in [0.29, 0.717) is 41.0 Å². The van der Waals surface area contributed by atoms with Crippen LogP contribution in [0.2, 0.25) is 0 Å². The van der Waals surface area contributed by atoms with Crippen LogP contribution in [0.15, 0.2) is 87.3 Å². The van der Waals surface area contributed by atoms with Gasteiger partial charge in [-0.25, -0.2) is 8.42 Å². The van der Waals surface area contributed by atoms with Crippen molar-refractivity contribution in [3.05, 3.63) is 89.5 Å². The summed E-state index contributed by atoms with van der Waals surface area (Å²) in [5, 5.41) is 8.25. The minimum Gasteiger partial charge on any atom is -0.411 e. The van der Waals surface area contributed by atoms with E-state index < -0.39 is 21.8 Å². The number of amides is 2. The maximum Gasteiger partial charge on any atom is 0.416 e. The van der Waals surface area contributed by atoms with E-state index in [4.69, 9.17) is 4.42 Å². The zero-order valence-electron chi connectivity index (χ0n) is 20.4. The van der Waals surface area contributed by atoms with Gasteiger partial charge in [-0.1, -0.05) is 23.9 Å². The van der Waals surface area contributed by atoms with Gasteiger partial charge in [0.25, 0.3) is 27.1 Å². The predicted molar refractivity (Wildman–Crippen MR) is 139 cm³/mol. The third-order valence-electron chi connectivity index (χ3n) is 5.91. The maximum atomic E-state index is 12.7. The fourth-order valence-corrected chi connectivity index (χ4v) is 5.67. The summed E-state index contributed by atoms with van der Waals surface area (Å²) in [5.41, 5.74) is 0.560. The van der Waals surface area contributed by atoms with Gasteiger partial charge in [0, 0.05) is 23.5 Å². The van der Waals surface area contributed by atoms with Crippen LogP contribution in [-0.2, 0) is 16.2 Å². The van der Waals surface area contributed by atoms with Gasteiger partial charge in [0.05, 0.1) is 21.6 Å². The molecule has 2 heterocycles. The third kappa shape index (κ3) is 5.72. The van der Waals surface area contributed by atoms with Crippen LogP contribution >= 0.6 is 11.8 Å². The van der Waals surface area contributed by atoms with Crippen molar-refractivity contribution in [3.8, 4) is 11.5 Å². The van der Waals surface area contributed by atoms with Gasteiger partial charge in [0.15, 0.2) is 0 Å². The average Bonchev–Trinajstić information content (AvgIpc) is 3.50. The van der Waals surface area contributed by atoms with Crippen molar-refractivity contribution in [2.45, 2.75) is 22.7 Å². The highest BCUT2D eigenvalue weighted by atomic mass is 32.2. The maximum absolute atomic E-state index is 12.7. The van der Waals surface area contributed by atoms with Crippen LogP contribution in [0.4, 0.5) is 18.9 Å². The van der Waals surface area contributed by atoms with Gasteiger partial charge in [-0.2, -0.15) is 13.2 Å². The monoisotopic (exact) mass is 588 g/mol. The lowest BCUT2D eigenvalue weighted by Crippen LogP contribution is -2.30. The number of fused-ring (bicyclic) bond motifs is 1. The number of aromatic nitrogens is 2. The van der Waals surface area contributed by atoms with E-state index in [-0.39, 0.29) is 40.1 Å². The highest BCUT2D eigenvalue weighted by Gasteiger charge is 2.34. The number of thioether (sulfide) groups is 1. The largest absolute Gasteiger partial charge is 0.416 e. The zero-order valence-corrected chi connectivity index (χ0v) is 22.0. The van der Waals surface area contributed by atoms with Gasteiger partial charge in [0.1, 0.15) is 0 Å². The summed E-state index contributed by atoms with van der Waals surface area (Å²) in [5.74, 6) is 0.0891. The van der Waals surface area contributed by atoms with Crippen molar-refractivity contribution in [1.82, 2.24) is 15.1 Å². The molecule has 1 aliphatic rings. The second-order valence-corrected chi connectivity index (χ2v) is 11.3. The van der Waals surface area contributed by atoms with Crippen LogP contribution in [0, 0.1) is 0 Å². The van der Waals surface area contributed by atoms with Crippen molar-refractivity contribution >= 4 is 39.3 Å². The Hall–Kier alpha value is -4.17. The van der Waals surface area contributed by atoms with E-state index in [1.165, 1.54) is 28.8 Å². The number of hydrogen-bond donors (Lipinski definition) is 1. The second kappa shape index (κ2) is 10.8. The number of carbonyl (C=O) groups is 2. The minimum absolute atomic E-state index is 0.186. The summed E-state index contributed by atoms with van der Waals surface area (Å²) in [4.78, 5) is 25.8. The van der Waals surface area contributed by atoms with Crippen LogP contribution in [0.3, 0.4) is 0 Å². The first kappa shape index (κ1) is 27.4. The molecule has 5 rings (SSSR count). The van der Waals surface area contributed by atoms with Crippen LogP contribution in [0.1, 0.15) is 32.7 Å². The zero-order chi connectivity index (χ0) is 28.5. The van der Waals surface area contributed by atoms with Gasteiger partial charge >= 0.3 is 6.18 Å². The molecule has 14 heteroatoms. The standard InChI is InChI=1S/C26H19F3N4O5S2/c27-26(28,29)17-8-12-19(13-9-17)40(36,37)32-18-10-6-16(7-11-18)22-30-31-25(38-22)39-15-3-14-33-23(34)20-4-1-2-5-21(20)24(33)35/h1-2,4-13,32H,3,14-15H2. The molecule has 1 aromatic heterocycles. The molecule has 0 saturated heterocycles. The molecule has 0 spiro atoms. The normalized spacial score (nSPS) is 13.5. The van der Waals surface area contributed by atoms with Crippen molar-refractivity contribution < 1.29 is 35.6 Å². The number of hydrogen-bond acceptors (Lipinski definition) is 8. The quantitative estimate of drug-likeness (QED) is 0.158. The first-order valence-electron chi connectivity index (χ1n) is 11.7. The van der Waals surface area contributed by atoms with Crippen LogP contribution in [0.5, 0.6) is 0 Å². The number of halogens is 3. The molecular formula is C26H19F3N4O5S2. The summed E-state index contributed by atoms with van der Waals surface area (Å²) in [6.07, 6.45) is -4.05. The van der Waals surface area contributed by atoms with Crippen molar-refractivity contribution in [3.63, 3.8) is 0 Å². The van der Waals surface area contributed by atoms with Crippen molar-refractivity contribution in [1.29, 1.82) is 0 Å². The summed E-state index contributed by atoms with van der Waals surface area (Å²) >= 11 is 1.27. The van der Waals surface area contributed by atoms with Crippen LogP contribution in [-0.4, -0.2) is 47.6 Å². The van der Waals surface area contributed by atoms with E-state index >= 15 is 0 Å². The fraction of sp³-hybridized carbons (Fsp3) is 0.154. The molecule has 206 valence electrons. The molecule has 4 aromatic rings. The fourth-order valence-electron chi connectivity index (χ4n) is 3.93. The van der Waals surface area contributed by atoms with E-state index in [0.717, 1.165) is 12.1 Å². The lowest BCUT2D eigenvalue weighted by molar-refractivity contribution is -0.137. The smallest absolute Gasteiger partial charge is 0.411 e. The lowest BCUT2D eigenvalue weighted by atomic mass is 10.1. The molecule has 9 nitrogen and oxygen atoms in total. The Morgan fingerprint density at radius 1 is 0.875 bits per heavy atom. The average molecular weight is 589 g/mol. The lowest BCUT2D eigenvalue weighted by Gasteiger charge is -2.12. The number of rotatable bonds is 9. The molecule has 1 N–H and O–H groups in total. The number of anilines is 1. The Kier molecular flexibility index (Phi) is 7.38. The molecule has 0 radical (unpaired) electrons. The second-order valence-electron chi connectivity index (χ2n) is 8.59. The minimum atomic E-state index is -4.57. The van der Waals surface area contributed by atoms with Gasteiger partial charge < -0.3 is 4.42 Å². The van der Waals surface area contributed by atoms with Crippen molar-refractivity contribution in [2.24, 2.45) is 0 Å². The number of nitrogens with zero attached hydrogens (tertiary/aromatic N) is 3. The third-order valence-corrected chi connectivity index (χ3v) is 8.21. The highest BCUT2D eigenvalue weighted by molar-refractivity contribution is 7.99. The first-order chi connectivity index (χ1) is 19.0. The summed E-state index contributed by atoms with van der Waals surface area (Å²) in [7, 11) is -4.11. The van der Waals surface area contributed by atoms with E-state index in [1.54, 1.807) is 36.4 Å². The molecule has 0 fully saturated rings. The van der Waals surface area contributed by atoms with Gasteiger partial charge in [0.2, 0.25) is 5.89 Å². The molecule has 0 bridgehead atoms. The van der Waals surface area contributed by atoms with E-state index in [1.807, 2.05) is 0 Å². The van der Waals surface area contributed by atoms with E-state index in [9.17, 15) is 31.2 Å². The van der Waals surface area contributed by atoms with Gasteiger partial charge in [-0.05, 0) is 67.1 Å². The van der Waals surface area contributed by atoms with Crippen molar-refractivity contribution in [2.75, 3.05) is 17.0 Å². The Balaban J connectivity index is 1.14. The number of carbonyl (C=O) groups excluding carboxylic acids is 2. The Morgan fingerprint density at radius 2 is 1.50 bits per heavy atom. The van der Waals surface area contributed by atoms with E-state index in [2.05, 4.69) is 14.9 Å².